The number of anilines is 1. The number of carbonyl (C=O) groups excluding carboxylic acids is 2. The summed E-state index contributed by atoms with van der Waals surface area (Å²) in [6.07, 6.45) is 0.362. The molecule has 0 bridgehead atoms. The van der Waals surface area contributed by atoms with Gasteiger partial charge in [-0.1, -0.05) is 30.7 Å². The van der Waals surface area contributed by atoms with Crippen LogP contribution in [0.1, 0.15) is 13.3 Å². The fraction of sp³-hybridized carbons (Fsp3) is 0.429. The molecule has 2 amide bonds. The Kier molecular flexibility index (Phi) is 5.16. The summed E-state index contributed by atoms with van der Waals surface area (Å²) < 4.78 is 29.9. The van der Waals surface area contributed by atoms with Crippen LogP contribution in [-0.4, -0.2) is 50.2 Å². The molecule has 1 aromatic carbocycles. The average Bonchev–Trinajstić information content (AvgIpc) is 2.85. The Morgan fingerprint density at radius 3 is 2.61 bits per heavy atom. The third-order valence-corrected chi connectivity index (χ3v) is 5.67. The fourth-order valence-electron chi connectivity index (χ4n) is 2.40. The molecule has 23 heavy (non-hydrogen) atoms. The molecule has 2 rings (SSSR count). The van der Waals surface area contributed by atoms with Crippen LogP contribution in [0.3, 0.4) is 0 Å². The number of sulfonamides is 1. The second kappa shape index (κ2) is 6.76. The molecule has 1 aliphatic heterocycles. The first-order valence-corrected chi connectivity index (χ1v) is 8.98. The molecule has 1 aliphatic rings. The Bertz CT molecular complexity index is 722. The fourth-order valence-corrected chi connectivity index (χ4v) is 4.06. The number of esters is 1. The van der Waals surface area contributed by atoms with Gasteiger partial charge in [0.2, 0.25) is 10.0 Å². The highest BCUT2D eigenvalue weighted by atomic mass is 35.5. The van der Waals surface area contributed by atoms with Crippen molar-refractivity contribution in [1.29, 1.82) is 0 Å². The molecule has 0 aliphatic carbocycles. The first-order chi connectivity index (χ1) is 10.8. The van der Waals surface area contributed by atoms with Gasteiger partial charge in [0.05, 0.1) is 30.1 Å². The molecule has 0 radical (unpaired) electrons. The van der Waals surface area contributed by atoms with Crippen LogP contribution in [0.25, 0.3) is 0 Å². The SMILES string of the molecule is CCCS(=O)(=O)N1C[C@@H](C(=O)OC)N(c2ccccc2Cl)C1=O. The highest BCUT2D eigenvalue weighted by molar-refractivity contribution is 7.89. The first-order valence-electron chi connectivity index (χ1n) is 6.99. The van der Waals surface area contributed by atoms with E-state index in [9.17, 15) is 18.0 Å². The number of hydrogen-bond acceptors (Lipinski definition) is 5. The first kappa shape index (κ1) is 17.6. The number of rotatable bonds is 5. The van der Waals surface area contributed by atoms with Gasteiger partial charge in [-0.25, -0.2) is 22.3 Å². The highest BCUT2D eigenvalue weighted by Crippen LogP contribution is 2.32. The molecule has 9 heteroatoms. The van der Waals surface area contributed by atoms with E-state index >= 15 is 0 Å². The third kappa shape index (κ3) is 3.28. The van der Waals surface area contributed by atoms with E-state index in [1.165, 1.54) is 7.11 Å². The maximum absolute atomic E-state index is 12.6. The number of nitrogens with zero attached hydrogens (tertiary/aromatic N) is 2. The number of carbonyl (C=O) groups is 2. The summed E-state index contributed by atoms with van der Waals surface area (Å²) >= 11 is 6.09. The van der Waals surface area contributed by atoms with Crippen LogP contribution in [0.4, 0.5) is 10.5 Å². The Labute approximate surface area is 139 Å². The van der Waals surface area contributed by atoms with E-state index < -0.39 is 28.1 Å². The molecule has 1 heterocycles. The van der Waals surface area contributed by atoms with Gasteiger partial charge >= 0.3 is 12.0 Å². The minimum atomic E-state index is -3.80. The van der Waals surface area contributed by atoms with Gasteiger partial charge in [-0.05, 0) is 18.6 Å². The van der Waals surface area contributed by atoms with Crippen molar-refractivity contribution in [2.75, 3.05) is 24.3 Å². The molecule has 0 spiro atoms. The Hall–Kier alpha value is -1.80. The van der Waals surface area contributed by atoms with Crippen LogP contribution < -0.4 is 4.90 Å². The second-order valence-corrected chi connectivity index (χ2v) is 7.41. The van der Waals surface area contributed by atoms with E-state index in [0.29, 0.717) is 10.7 Å². The van der Waals surface area contributed by atoms with Crippen molar-refractivity contribution in [3.8, 4) is 0 Å². The maximum Gasteiger partial charge on any atom is 0.339 e. The quantitative estimate of drug-likeness (QED) is 0.748. The van der Waals surface area contributed by atoms with Crippen LogP contribution in [0.2, 0.25) is 5.02 Å². The number of benzene rings is 1. The standard InChI is InChI=1S/C14H17ClN2O5S/c1-3-8-23(20,21)16-9-12(13(18)22-2)17(14(16)19)11-7-5-4-6-10(11)15/h4-7,12H,3,8-9H2,1-2H3/t12-/m0/s1. The largest absolute Gasteiger partial charge is 0.467 e. The average molecular weight is 361 g/mol. The monoisotopic (exact) mass is 360 g/mol. The third-order valence-electron chi connectivity index (χ3n) is 3.45. The summed E-state index contributed by atoms with van der Waals surface area (Å²) in [5, 5.41) is 0.240. The molecule has 0 aromatic heterocycles. The number of hydrogen-bond donors (Lipinski definition) is 0. The lowest BCUT2D eigenvalue weighted by molar-refractivity contribution is -0.141. The summed E-state index contributed by atoms with van der Waals surface area (Å²) in [6.45, 7) is 1.40. The second-order valence-electron chi connectivity index (χ2n) is 4.99. The van der Waals surface area contributed by atoms with Crippen LogP contribution in [0, 0.1) is 0 Å². The van der Waals surface area contributed by atoms with Gasteiger partial charge in [0.1, 0.15) is 0 Å². The van der Waals surface area contributed by atoms with Crippen LogP contribution in [-0.2, 0) is 19.6 Å². The van der Waals surface area contributed by atoms with Crippen molar-refractivity contribution in [3.63, 3.8) is 0 Å². The number of para-hydroxylation sites is 1. The Morgan fingerprint density at radius 1 is 1.39 bits per heavy atom. The van der Waals surface area contributed by atoms with Crippen molar-refractivity contribution >= 4 is 39.3 Å². The molecule has 7 nitrogen and oxygen atoms in total. The lowest BCUT2D eigenvalue weighted by Gasteiger charge is -2.22. The van der Waals surface area contributed by atoms with E-state index in [0.717, 1.165) is 4.90 Å². The van der Waals surface area contributed by atoms with E-state index in [1.54, 1.807) is 31.2 Å². The zero-order valence-electron chi connectivity index (χ0n) is 12.7. The molecular formula is C14H17ClN2O5S. The van der Waals surface area contributed by atoms with Crippen LogP contribution in [0.15, 0.2) is 24.3 Å². The molecule has 0 saturated carbocycles. The Morgan fingerprint density at radius 2 is 2.04 bits per heavy atom. The number of halogens is 1. The molecule has 1 aromatic rings. The lowest BCUT2D eigenvalue weighted by atomic mass is 10.2. The zero-order chi connectivity index (χ0) is 17.2. The molecule has 0 N–H and O–H groups in total. The van der Waals surface area contributed by atoms with Crippen LogP contribution in [0.5, 0.6) is 0 Å². The number of methoxy groups -OCH3 is 1. The normalized spacial score (nSPS) is 18.4. The topological polar surface area (TPSA) is 84.0 Å². The minimum absolute atomic E-state index is 0.178. The molecule has 1 fully saturated rings. The summed E-state index contributed by atoms with van der Waals surface area (Å²) in [7, 11) is -2.62. The van der Waals surface area contributed by atoms with Gasteiger partial charge in [-0.3, -0.25) is 4.90 Å². The molecule has 0 unspecified atom stereocenters. The van der Waals surface area contributed by atoms with Gasteiger partial charge in [-0.15, -0.1) is 0 Å². The molecule has 1 saturated heterocycles. The van der Waals surface area contributed by atoms with E-state index in [1.807, 2.05) is 0 Å². The van der Waals surface area contributed by atoms with Crippen LogP contribution >= 0.6 is 11.6 Å². The van der Waals surface area contributed by atoms with Crippen molar-refractivity contribution in [3.05, 3.63) is 29.3 Å². The maximum atomic E-state index is 12.6. The summed E-state index contributed by atoms with van der Waals surface area (Å²) in [5.74, 6) is -0.879. The van der Waals surface area contributed by atoms with Crippen molar-refractivity contribution in [2.24, 2.45) is 0 Å². The van der Waals surface area contributed by atoms with Crippen molar-refractivity contribution < 1.29 is 22.7 Å². The Balaban J connectivity index is 2.48. The van der Waals surface area contributed by atoms with Gasteiger partial charge in [-0.2, -0.15) is 0 Å². The minimum Gasteiger partial charge on any atom is -0.467 e. The van der Waals surface area contributed by atoms with Crippen molar-refractivity contribution in [1.82, 2.24) is 4.31 Å². The highest BCUT2D eigenvalue weighted by Gasteiger charge is 2.48. The smallest absolute Gasteiger partial charge is 0.339 e. The van der Waals surface area contributed by atoms with E-state index in [4.69, 9.17) is 16.3 Å². The van der Waals surface area contributed by atoms with Gasteiger partial charge < -0.3 is 4.74 Å². The summed E-state index contributed by atoms with van der Waals surface area (Å²) in [5.41, 5.74) is 0.267. The predicted octanol–water partition coefficient (Wildman–Crippen LogP) is 1.86. The van der Waals surface area contributed by atoms with Crippen molar-refractivity contribution in [2.45, 2.75) is 19.4 Å². The summed E-state index contributed by atoms with van der Waals surface area (Å²) in [4.78, 5) is 25.7. The molecule has 1 atom stereocenters. The van der Waals surface area contributed by atoms with Gasteiger partial charge in [0, 0.05) is 0 Å². The molecular weight excluding hydrogens is 344 g/mol. The number of amides is 2. The van der Waals surface area contributed by atoms with Gasteiger partial charge in [0.15, 0.2) is 6.04 Å². The summed E-state index contributed by atoms with van der Waals surface area (Å²) in [6, 6.07) is 4.55. The van der Waals surface area contributed by atoms with E-state index in [-0.39, 0.29) is 23.0 Å². The zero-order valence-corrected chi connectivity index (χ0v) is 14.3. The predicted molar refractivity (Wildman–Crippen MR) is 85.9 cm³/mol. The van der Waals surface area contributed by atoms with E-state index in [2.05, 4.69) is 0 Å². The molecule has 126 valence electrons. The van der Waals surface area contributed by atoms with Gasteiger partial charge in [0.25, 0.3) is 0 Å². The number of urea groups is 1. The number of ether oxygens (including phenoxy) is 1. The lowest BCUT2D eigenvalue weighted by Crippen LogP contribution is -2.41.